The number of para-hydroxylation sites is 2. The zero-order valence-electron chi connectivity index (χ0n) is 11.9. The summed E-state index contributed by atoms with van der Waals surface area (Å²) in [6.45, 7) is 3.39. The van der Waals surface area contributed by atoms with Gasteiger partial charge in [0.1, 0.15) is 5.82 Å². The standard InChI is InChI=1S/C17H24N2/c1-2-3-13-19-16-12-8-7-11-15(16)18-17(19)14-9-5-4-6-10-14/h7-8,11-12,14H,2-6,9-10,13H2,1H3. The smallest absolute Gasteiger partial charge is 0.112 e. The van der Waals surface area contributed by atoms with Crippen LogP contribution in [0.3, 0.4) is 0 Å². The minimum absolute atomic E-state index is 0.693. The van der Waals surface area contributed by atoms with Gasteiger partial charge in [0.05, 0.1) is 11.0 Å². The van der Waals surface area contributed by atoms with E-state index in [9.17, 15) is 0 Å². The molecular formula is C17H24N2. The number of hydrogen-bond donors (Lipinski definition) is 0. The summed E-state index contributed by atoms with van der Waals surface area (Å²) in [5, 5.41) is 0. The van der Waals surface area contributed by atoms with Crippen molar-refractivity contribution in [2.45, 2.75) is 64.3 Å². The van der Waals surface area contributed by atoms with Gasteiger partial charge in [-0.2, -0.15) is 0 Å². The van der Waals surface area contributed by atoms with E-state index in [0.717, 1.165) is 6.54 Å². The first kappa shape index (κ1) is 12.7. The SMILES string of the molecule is CCCCn1c(C2CCCCC2)nc2ccccc21. The van der Waals surface area contributed by atoms with Gasteiger partial charge in [-0.25, -0.2) is 4.98 Å². The fraction of sp³-hybridized carbons (Fsp3) is 0.588. The van der Waals surface area contributed by atoms with Gasteiger partial charge in [0.25, 0.3) is 0 Å². The Balaban J connectivity index is 2.00. The van der Waals surface area contributed by atoms with Crippen molar-refractivity contribution >= 4 is 11.0 Å². The Bertz CT molecular complexity index is 535. The van der Waals surface area contributed by atoms with Crippen molar-refractivity contribution in [2.75, 3.05) is 0 Å². The molecule has 0 saturated heterocycles. The normalized spacial score (nSPS) is 17.1. The van der Waals surface area contributed by atoms with Crippen molar-refractivity contribution in [3.63, 3.8) is 0 Å². The Morgan fingerprint density at radius 2 is 1.95 bits per heavy atom. The molecule has 102 valence electrons. The zero-order chi connectivity index (χ0) is 13.1. The molecule has 0 amide bonds. The van der Waals surface area contributed by atoms with E-state index < -0.39 is 0 Å². The lowest BCUT2D eigenvalue weighted by molar-refractivity contribution is 0.415. The minimum atomic E-state index is 0.693. The molecule has 1 fully saturated rings. The van der Waals surface area contributed by atoms with E-state index in [1.165, 1.54) is 61.8 Å². The Morgan fingerprint density at radius 3 is 2.74 bits per heavy atom. The van der Waals surface area contributed by atoms with Gasteiger partial charge in [-0.05, 0) is 31.4 Å². The molecule has 0 bridgehead atoms. The van der Waals surface area contributed by atoms with Gasteiger partial charge in [-0.15, -0.1) is 0 Å². The van der Waals surface area contributed by atoms with E-state index >= 15 is 0 Å². The minimum Gasteiger partial charge on any atom is -0.328 e. The van der Waals surface area contributed by atoms with Gasteiger partial charge < -0.3 is 4.57 Å². The maximum Gasteiger partial charge on any atom is 0.112 e. The quantitative estimate of drug-likeness (QED) is 0.762. The van der Waals surface area contributed by atoms with Crippen LogP contribution in [-0.2, 0) is 6.54 Å². The number of rotatable bonds is 4. The first-order valence-electron chi connectivity index (χ1n) is 7.85. The fourth-order valence-electron chi connectivity index (χ4n) is 3.32. The molecule has 1 aliphatic carbocycles. The highest BCUT2D eigenvalue weighted by Gasteiger charge is 2.21. The molecule has 1 aliphatic rings. The molecule has 2 nitrogen and oxygen atoms in total. The van der Waals surface area contributed by atoms with Crippen LogP contribution in [-0.4, -0.2) is 9.55 Å². The molecule has 1 saturated carbocycles. The molecule has 1 aromatic heterocycles. The van der Waals surface area contributed by atoms with Crippen LogP contribution in [0.1, 0.15) is 63.6 Å². The van der Waals surface area contributed by atoms with E-state index in [0.29, 0.717) is 5.92 Å². The van der Waals surface area contributed by atoms with Crippen molar-refractivity contribution in [1.82, 2.24) is 9.55 Å². The Hall–Kier alpha value is -1.31. The van der Waals surface area contributed by atoms with Crippen LogP contribution >= 0.6 is 0 Å². The van der Waals surface area contributed by atoms with Gasteiger partial charge in [-0.3, -0.25) is 0 Å². The summed E-state index contributed by atoms with van der Waals surface area (Å²) in [6, 6.07) is 8.62. The number of imidazole rings is 1. The number of fused-ring (bicyclic) bond motifs is 1. The van der Waals surface area contributed by atoms with E-state index in [-0.39, 0.29) is 0 Å². The summed E-state index contributed by atoms with van der Waals surface area (Å²) in [5.41, 5.74) is 2.51. The van der Waals surface area contributed by atoms with Gasteiger partial charge in [0, 0.05) is 12.5 Å². The third kappa shape index (κ3) is 2.54. The number of unbranched alkanes of at least 4 members (excludes halogenated alkanes) is 1. The van der Waals surface area contributed by atoms with E-state index in [1.54, 1.807) is 0 Å². The molecule has 1 aromatic carbocycles. The second kappa shape index (κ2) is 5.77. The lowest BCUT2D eigenvalue weighted by Crippen LogP contribution is -2.12. The molecule has 0 N–H and O–H groups in total. The molecule has 2 heteroatoms. The second-order valence-corrected chi connectivity index (χ2v) is 5.80. The molecule has 2 aromatic rings. The first-order chi connectivity index (χ1) is 9.40. The van der Waals surface area contributed by atoms with Crippen LogP contribution < -0.4 is 0 Å². The molecule has 0 aliphatic heterocycles. The van der Waals surface area contributed by atoms with Gasteiger partial charge >= 0.3 is 0 Å². The summed E-state index contributed by atoms with van der Waals surface area (Å²) >= 11 is 0. The first-order valence-corrected chi connectivity index (χ1v) is 7.85. The Morgan fingerprint density at radius 1 is 1.16 bits per heavy atom. The molecule has 0 unspecified atom stereocenters. The van der Waals surface area contributed by atoms with Crippen LogP contribution in [0.4, 0.5) is 0 Å². The van der Waals surface area contributed by atoms with Crippen molar-refractivity contribution in [3.8, 4) is 0 Å². The number of benzene rings is 1. The largest absolute Gasteiger partial charge is 0.328 e. The number of hydrogen-bond acceptors (Lipinski definition) is 1. The summed E-state index contributed by atoms with van der Waals surface area (Å²) in [6.07, 6.45) is 9.32. The molecule has 1 heterocycles. The number of aromatic nitrogens is 2. The van der Waals surface area contributed by atoms with Crippen molar-refractivity contribution in [3.05, 3.63) is 30.1 Å². The summed E-state index contributed by atoms with van der Waals surface area (Å²) in [4.78, 5) is 4.95. The molecule has 0 radical (unpaired) electrons. The fourth-order valence-corrected chi connectivity index (χ4v) is 3.32. The van der Waals surface area contributed by atoms with E-state index in [1.807, 2.05) is 0 Å². The maximum atomic E-state index is 4.95. The van der Waals surface area contributed by atoms with E-state index in [2.05, 4.69) is 35.8 Å². The maximum absolute atomic E-state index is 4.95. The highest BCUT2D eigenvalue weighted by atomic mass is 15.1. The second-order valence-electron chi connectivity index (χ2n) is 5.80. The average molecular weight is 256 g/mol. The predicted octanol–water partition coefficient (Wildman–Crippen LogP) is 4.88. The van der Waals surface area contributed by atoms with Crippen molar-refractivity contribution < 1.29 is 0 Å². The van der Waals surface area contributed by atoms with Crippen LogP contribution in [0.2, 0.25) is 0 Å². The average Bonchev–Trinajstić information content (AvgIpc) is 2.85. The lowest BCUT2D eigenvalue weighted by Gasteiger charge is -2.22. The number of nitrogens with zero attached hydrogens (tertiary/aromatic N) is 2. The summed E-state index contributed by atoms with van der Waals surface area (Å²) in [5.74, 6) is 2.05. The Labute approximate surface area is 115 Å². The van der Waals surface area contributed by atoms with Crippen LogP contribution in [0, 0.1) is 0 Å². The third-order valence-electron chi connectivity index (χ3n) is 4.39. The van der Waals surface area contributed by atoms with Crippen LogP contribution in [0.25, 0.3) is 11.0 Å². The summed E-state index contributed by atoms with van der Waals surface area (Å²) in [7, 11) is 0. The molecule has 19 heavy (non-hydrogen) atoms. The van der Waals surface area contributed by atoms with Crippen molar-refractivity contribution in [1.29, 1.82) is 0 Å². The predicted molar refractivity (Wildman–Crippen MR) is 80.5 cm³/mol. The molecular weight excluding hydrogens is 232 g/mol. The monoisotopic (exact) mass is 256 g/mol. The zero-order valence-corrected chi connectivity index (χ0v) is 11.9. The van der Waals surface area contributed by atoms with Gasteiger partial charge in [0.15, 0.2) is 0 Å². The molecule has 0 atom stereocenters. The van der Waals surface area contributed by atoms with Crippen LogP contribution in [0.5, 0.6) is 0 Å². The van der Waals surface area contributed by atoms with Crippen LogP contribution in [0.15, 0.2) is 24.3 Å². The lowest BCUT2D eigenvalue weighted by atomic mass is 9.88. The topological polar surface area (TPSA) is 17.8 Å². The number of aryl methyl sites for hydroxylation is 1. The highest BCUT2D eigenvalue weighted by molar-refractivity contribution is 5.76. The summed E-state index contributed by atoms with van der Waals surface area (Å²) < 4.78 is 2.49. The van der Waals surface area contributed by atoms with E-state index in [4.69, 9.17) is 4.98 Å². The van der Waals surface area contributed by atoms with Gasteiger partial charge in [0.2, 0.25) is 0 Å². The third-order valence-corrected chi connectivity index (χ3v) is 4.39. The highest BCUT2D eigenvalue weighted by Crippen LogP contribution is 2.34. The Kier molecular flexibility index (Phi) is 3.86. The molecule has 0 spiro atoms. The molecule has 3 rings (SSSR count). The van der Waals surface area contributed by atoms with Gasteiger partial charge in [-0.1, -0.05) is 44.7 Å². The van der Waals surface area contributed by atoms with Crippen molar-refractivity contribution in [2.24, 2.45) is 0 Å².